The number of benzene rings is 1. The molecule has 0 aliphatic heterocycles. The van der Waals surface area contributed by atoms with E-state index in [0.717, 1.165) is 16.3 Å². The second-order valence-electron chi connectivity index (χ2n) is 5.26. The number of hydrogen-bond acceptors (Lipinski definition) is 5. The molecule has 8 heteroatoms. The molecule has 0 fully saturated rings. The van der Waals surface area contributed by atoms with Gasteiger partial charge >= 0.3 is 0 Å². The largest absolute Gasteiger partial charge is 0.505 e. The fourth-order valence-electron chi connectivity index (χ4n) is 2.21. The van der Waals surface area contributed by atoms with E-state index in [4.69, 9.17) is 11.6 Å². The summed E-state index contributed by atoms with van der Waals surface area (Å²) in [5.74, 6) is -1.24. The van der Waals surface area contributed by atoms with Gasteiger partial charge in [0.15, 0.2) is 16.6 Å². The highest BCUT2D eigenvalue weighted by Gasteiger charge is 2.18. The summed E-state index contributed by atoms with van der Waals surface area (Å²) in [7, 11) is 0. The molecule has 0 aliphatic carbocycles. The third-order valence-electron chi connectivity index (χ3n) is 3.38. The summed E-state index contributed by atoms with van der Waals surface area (Å²) < 4.78 is 1.05. The zero-order valence-electron chi connectivity index (χ0n) is 13.1. The Bertz CT molecular complexity index is 1020. The van der Waals surface area contributed by atoms with Gasteiger partial charge in [0.05, 0.1) is 11.4 Å². The predicted molar refractivity (Wildman–Crippen MR) is 93.4 cm³/mol. The minimum atomic E-state index is -0.714. The third kappa shape index (κ3) is 3.51. The molecule has 0 aliphatic rings. The van der Waals surface area contributed by atoms with Gasteiger partial charge in [-0.05, 0) is 36.8 Å². The van der Waals surface area contributed by atoms with Crippen LogP contribution in [0.4, 0.5) is 5.69 Å². The Morgan fingerprint density at radius 3 is 2.76 bits per heavy atom. The lowest BCUT2D eigenvalue weighted by molar-refractivity contribution is 0.101. The van der Waals surface area contributed by atoms with E-state index in [-0.39, 0.29) is 16.5 Å². The number of pyridine rings is 1. The van der Waals surface area contributed by atoms with E-state index in [1.165, 1.54) is 6.20 Å². The molecule has 2 aromatic heterocycles. The van der Waals surface area contributed by atoms with Gasteiger partial charge in [0.25, 0.3) is 11.5 Å². The van der Waals surface area contributed by atoms with Crippen LogP contribution in [0, 0.1) is 6.92 Å². The zero-order chi connectivity index (χ0) is 18.0. The van der Waals surface area contributed by atoms with Crippen LogP contribution in [0.25, 0.3) is 5.69 Å². The summed E-state index contributed by atoms with van der Waals surface area (Å²) in [6.07, 6.45) is 1.48. The number of aromatic hydroxyl groups is 1. The van der Waals surface area contributed by atoms with Crippen molar-refractivity contribution in [1.82, 2.24) is 14.8 Å². The minimum absolute atomic E-state index is 0.0994. The first-order valence-corrected chi connectivity index (χ1v) is 7.66. The average molecular weight is 357 g/mol. The quantitative estimate of drug-likeness (QED) is 0.703. The highest BCUT2D eigenvalue weighted by Crippen LogP contribution is 2.20. The van der Waals surface area contributed by atoms with Crippen LogP contribution in [-0.4, -0.2) is 25.8 Å². The number of rotatable bonds is 3. The van der Waals surface area contributed by atoms with Crippen LogP contribution in [0.15, 0.2) is 53.5 Å². The molecule has 0 spiro atoms. The molecule has 3 aromatic rings. The molecule has 25 heavy (non-hydrogen) atoms. The van der Waals surface area contributed by atoms with Crippen LogP contribution in [0.5, 0.6) is 5.75 Å². The van der Waals surface area contributed by atoms with Gasteiger partial charge in [-0.25, -0.2) is 4.98 Å². The molecule has 3 rings (SSSR count). The topological polar surface area (TPSA) is 97.1 Å². The van der Waals surface area contributed by atoms with Crippen molar-refractivity contribution in [1.29, 1.82) is 0 Å². The Balaban J connectivity index is 2.02. The number of anilines is 1. The Labute approximate surface area is 147 Å². The maximum absolute atomic E-state index is 12.4. The molecule has 0 atom stereocenters. The molecule has 0 bridgehead atoms. The SMILES string of the molecule is Cc1cccc(-n2nc(C(=O)Nc3cccnc3Cl)c(O)cc2=O)c1. The van der Waals surface area contributed by atoms with Gasteiger partial charge < -0.3 is 10.4 Å². The number of carbonyl (C=O) groups is 1. The van der Waals surface area contributed by atoms with Gasteiger partial charge in [0.2, 0.25) is 0 Å². The van der Waals surface area contributed by atoms with Crippen LogP contribution in [-0.2, 0) is 0 Å². The van der Waals surface area contributed by atoms with Crippen molar-refractivity contribution >= 4 is 23.2 Å². The second kappa shape index (κ2) is 6.74. The summed E-state index contributed by atoms with van der Waals surface area (Å²) in [5, 5.41) is 16.5. The molecule has 0 saturated carbocycles. The number of carbonyl (C=O) groups excluding carboxylic acids is 1. The molecule has 0 saturated heterocycles. The molecule has 2 heterocycles. The van der Waals surface area contributed by atoms with E-state index in [1.807, 2.05) is 13.0 Å². The minimum Gasteiger partial charge on any atom is -0.505 e. The van der Waals surface area contributed by atoms with Crippen molar-refractivity contribution in [2.24, 2.45) is 0 Å². The zero-order valence-corrected chi connectivity index (χ0v) is 13.9. The first kappa shape index (κ1) is 16.7. The van der Waals surface area contributed by atoms with Crippen molar-refractivity contribution in [3.63, 3.8) is 0 Å². The van der Waals surface area contributed by atoms with Gasteiger partial charge in [-0.15, -0.1) is 0 Å². The number of aromatic nitrogens is 3. The number of hydrogen-bond donors (Lipinski definition) is 2. The number of nitrogens with zero attached hydrogens (tertiary/aromatic N) is 3. The number of halogens is 1. The molecule has 1 amide bonds. The van der Waals surface area contributed by atoms with Crippen molar-refractivity contribution in [2.45, 2.75) is 6.92 Å². The van der Waals surface area contributed by atoms with Crippen molar-refractivity contribution in [3.05, 3.63) is 75.4 Å². The molecule has 0 radical (unpaired) electrons. The lowest BCUT2D eigenvalue weighted by Gasteiger charge is -2.10. The number of aryl methyl sites for hydroxylation is 1. The fraction of sp³-hybridized carbons (Fsp3) is 0.0588. The smallest absolute Gasteiger partial charge is 0.280 e. The summed E-state index contributed by atoms with van der Waals surface area (Å²) >= 11 is 5.90. The standard InChI is InChI=1S/C17H13ClN4O3/c1-10-4-2-5-11(8-10)22-14(24)9-13(23)15(21-22)17(25)20-12-6-3-7-19-16(12)18/h2-9,23H,1H3,(H,20,25). The summed E-state index contributed by atoms with van der Waals surface area (Å²) in [5.41, 5.74) is 0.814. The summed E-state index contributed by atoms with van der Waals surface area (Å²) in [6, 6.07) is 11.1. The molecule has 2 N–H and O–H groups in total. The molecule has 0 unspecified atom stereocenters. The fourth-order valence-corrected chi connectivity index (χ4v) is 2.38. The Morgan fingerprint density at radius 1 is 1.24 bits per heavy atom. The van der Waals surface area contributed by atoms with E-state index < -0.39 is 17.2 Å². The summed E-state index contributed by atoms with van der Waals surface area (Å²) in [4.78, 5) is 28.4. The maximum atomic E-state index is 12.4. The van der Waals surface area contributed by atoms with Gasteiger partial charge in [0.1, 0.15) is 0 Å². The molecule has 1 aromatic carbocycles. The van der Waals surface area contributed by atoms with Gasteiger partial charge in [0, 0.05) is 12.3 Å². The predicted octanol–water partition coefficient (Wildman–Crippen LogP) is 2.55. The molecule has 7 nitrogen and oxygen atoms in total. The van der Waals surface area contributed by atoms with Gasteiger partial charge in [-0.3, -0.25) is 9.59 Å². The molecule has 126 valence electrons. The van der Waals surface area contributed by atoms with E-state index in [0.29, 0.717) is 5.69 Å². The van der Waals surface area contributed by atoms with Crippen LogP contribution in [0.2, 0.25) is 5.15 Å². The average Bonchev–Trinajstić information content (AvgIpc) is 2.57. The van der Waals surface area contributed by atoms with E-state index in [9.17, 15) is 14.7 Å². The van der Waals surface area contributed by atoms with Crippen molar-refractivity contribution < 1.29 is 9.90 Å². The Morgan fingerprint density at radius 2 is 2.04 bits per heavy atom. The number of nitrogens with one attached hydrogen (secondary N) is 1. The lowest BCUT2D eigenvalue weighted by Crippen LogP contribution is -2.25. The van der Waals surface area contributed by atoms with Crippen molar-refractivity contribution in [3.8, 4) is 11.4 Å². The van der Waals surface area contributed by atoms with Crippen LogP contribution in [0.1, 0.15) is 16.1 Å². The van der Waals surface area contributed by atoms with E-state index >= 15 is 0 Å². The van der Waals surface area contributed by atoms with E-state index in [1.54, 1.807) is 30.3 Å². The van der Waals surface area contributed by atoms with Crippen LogP contribution in [0.3, 0.4) is 0 Å². The van der Waals surface area contributed by atoms with Crippen LogP contribution < -0.4 is 10.9 Å². The molecular formula is C17H13ClN4O3. The maximum Gasteiger partial charge on any atom is 0.280 e. The van der Waals surface area contributed by atoms with Gasteiger partial charge in [-0.2, -0.15) is 9.78 Å². The third-order valence-corrected chi connectivity index (χ3v) is 3.68. The normalized spacial score (nSPS) is 10.5. The van der Waals surface area contributed by atoms with Crippen molar-refractivity contribution in [2.75, 3.05) is 5.32 Å². The summed E-state index contributed by atoms with van der Waals surface area (Å²) in [6.45, 7) is 1.87. The highest BCUT2D eigenvalue weighted by molar-refractivity contribution is 6.32. The highest BCUT2D eigenvalue weighted by atomic mass is 35.5. The van der Waals surface area contributed by atoms with E-state index in [2.05, 4.69) is 15.4 Å². The Kier molecular flexibility index (Phi) is 4.49. The lowest BCUT2D eigenvalue weighted by atomic mass is 10.2. The first-order chi connectivity index (χ1) is 12.0. The van der Waals surface area contributed by atoms with Gasteiger partial charge in [-0.1, -0.05) is 23.7 Å². The second-order valence-corrected chi connectivity index (χ2v) is 5.62. The molecular weight excluding hydrogens is 344 g/mol. The van der Waals surface area contributed by atoms with Crippen LogP contribution >= 0.6 is 11.6 Å². The first-order valence-electron chi connectivity index (χ1n) is 7.28. The number of amides is 1. The Hall–Kier alpha value is -3.19. The monoisotopic (exact) mass is 356 g/mol.